The van der Waals surface area contributed by atoms with Gasteiger partial charge in [-0.3, -0.25) is 59.8 Å². The fourth-order valence-electron chi connectivity index (χ4n) is 6.17. The van der Waals surface area contributed by atoms with Gasteiger partial charge in [0, 0.05) is 74.4 Å². The van der Waals surface area contributed by atoms with Crippen molar-refractivity contribution < 1.29 is 140 Å². The van der Waals surface area contributed by atoms with Crippen molar-refractivity contribution in [3.05, 3.63) is 293 Å². The van der Waals surface area contributed by atoms with Crippen LogP contribution in [0.25, 0.3) is 68.3 Å². The third kappa shape index (κ3) is 59.9. The number of hydrogen-bond donors (Lipinski definition) is 0. The van der Waals surface area contributed by atoms with E-state index >= 15 is 0 Å². The van der Waals surface area contributed by atoms with Gasteiger partial charge < -0.3 is 0 Å². The number of halogens is 24. The normalized spacial score (nSPS) is 13.2. The summed E-state index contributed by atoms with van der Waals surface area (Å²) in [6.45, 7) is 0. The first-order valence-corrected chi connectivity index (χ1v) is 34.9. The SMILES string of the molecule is F[P-](F)(F)(F)(F)F.F[P-](F)(F)(F)(F)F.F[P-](F)(F)(F)(F)F.F[P-](F)(F)(F)(F)F.[Os+2].[Ru+2].c1ccc(-c2ccccn2)nc1.c1ccc(-c2ccccn2)nc1.c1ccc(-c2ccccn2)nc1.c1ccc(-c2ccccn2)nc1.c1ccc(-c2ccccn2)nc1.c1ccc(-c2ccccn2)nc1. The molecule has 0 atom stereocenters. The number of hydrogen-bond acceptors (Lipinski definition) is 12. The van der Waals surface area contributed by atoms with Gasteiger partial charge in [-0.15, -0.1) is 0 Å². The van der Waals surface area contributed by atoms with E-state index in [9.17, 15) is 101 Å². The average Bonchev–Trinajstić information content (AvgIpc) is 0.806. The van der Waals surface area contributed by atoms with Crippen molar-refractivity contribution in [1.82, 2.24) is 59.8 Å². The first-order chi connectivity index (χ1) is 45.6. The Balaban J connectivity index is 0.000000571. The van der Waals surface area contributed by atoms with Crippen molar-refractivity contribution >= 4 is 31.2 Å². The second-order valence-corrected chi connectivity index (χ2v) is 26.1. The molecule has 0 saturated carbocycles. The molecule has 12 rings (SSSR count). The van der Waals surface area contributed by atoms with Crippen LogP contribution in [0.2, 0.25) is 0 Å². The minimum Gasteiger partial charge on any atom is -0.255 e. The van der Waals surface area contributed by atoms with E-state index in [1.807, 2.05) is 218 Å². The fourth-order valence-corrected chi connectivity index (χ4v) is 6.17. The zero-order valence-electron chi connectivity index (χ0n) is 50.6. The molecule has 0 bridgehead atoms. The molecule has 0 aromatic carbocycles. The predicted octanol–water partition coefficient (Wildman–Crippen LogP) is 26.4. The van der Waals surface area contributed by atoms with Gasteiger partial charge in [0.25, 0.3) is 0 Å². The minimum atomic E-state index is -10.7. The van der Waals surface area contributed by atoms with E-state index in [2.05, 4.69) is 59.8 Å². The number of aromatic nitrogens is 12. The Morgan fingerprint density at radius 2 is 0.196 bits per heavy atom. The van der Waals surface area contributed by atoms with Crippen molar-refractivity contribution in [3.8, 4) is 68.3 Å². The van der Waals surface area contributed by atoms with E-state index in [1.54, 1.807) is 74.4 Å². The van der Waals surface area contributed by atoms with Gasteiger partial charge in [0.05, 0.1) is 68.3 Å². The van der Waals surface area contributed by atoms with Crippen molar-refractivity contribution in [2.45, 2.75) is 0 Å². The molecule has 42 heteroatoms. The van der Waals surface area contributed by atoms with Gasteiger partial charge in [-0.05, 0) is 146 Å². The third-order valence-electron chi connectivity index (χ3n) is 9.55. The van der Waals surface area contributed by atoms with Crippen LogP contribution in [0.5, 0.6) is 0 Å². The van der Waals surface area contributed by atoms with Gasteiger partial charge >= 0.3 is 171 Å². The Hall–Kier alpha value is -8.90. The van der Waals surface area contributed by atoms with E-state index < -0.39 is 31.2 Å². The van der Waals surface area contributed by atoms with Gasteiger partial charge in [0.1, 0.15) is 0 Å². The molecule has 102 heavy (non-hydrogen) atoms. The number of nitrogens with zero attached hydrogens (tertiary/aromatic N) is 12. The van der Waals surface area contributed by atoms with E-state index in [-0.39, 0.29) is 39.3 Å². The summed E-state index contributed by atoms with van der Waals surface area (Å²) in [6, 6.07) is 69.6. The topological polar surface area (TPSA) is 155 Å². The molecule has 0 aliphatic rings. The number of rotatable bonds is 6. The van der Waals surface area contributed by atoms with E-state index in [0.29, 0.717) is 0 Å². The maximum absolute atomic E-state index is 10.7. The maximum Gasteiger partial charge on any atom is 2.00 e. The van der Waals surface area contributed by atoms with Crippen LogP contribution in [0.1, 0.15) is 0 Å². The zero-order chi connectivity index (χ0) is 75.0. The van der Waals surface area contributed by atoms with Crippen LogP contribution in [-0.4, -0.2) is 59.8 Å². The first kappa shape index (κ1) is 91.1. The summed E-state index contributed by atoms with van der Waals surface area (Å²) < 4.78 is 237. The monoisotopic (exact) mass is 1810 g/mol. The Kier molecular flexibility index (Phi) is 31.6. The first-order valence-electron chi connectivity index (χ1n) is 26.8. The molecule has 0 amide bonds. The molecule has 12 heterocycles. The van der Waals surface area contributed by atoms with Gasteiger partial charge in [-0.1, -0.05) is 72.8 Å². The predicted molar refractivity (Wildman–Crippen MR) is 339 cm³/mol. The summed E-state index contributed by atoms with van der Waals surface area (Å²) in [6.07, 6.45) is 21.2. The molecule has 12 aromatic rings. The second-order valence-electron chi connectivity index (χ2n) is 18.4. The van der Waals surface area contributed by atoms with Gasteiger partial charge in [0.2, 0.25) is 0 Å². The van der Waals surface area contributed by atoms with Gasteiger partial charge in [0.15, 0.2) is 0 Å². The van der Waals surface area contributed by atoms with Crippen LogP contribution >= 0.6 is 31.2 Å². The number of pyridine rings is 12. The molecule has 0 unspecified atom stereocenters. The molecule has 12 aromatic heterocycles. The van der Waals surface area contributed by atoms with Crippen LogP contribution in [0.3, 0.4) is 0 Å². The van der Waals surface area contributed by atoms with Crippen LogP contribution in [-0.2, 0) is 39.3 Å². The standard InChI is InChI=1S/6C10H8N2.4F6P.Os.Ru/c6*1-3-7-11-9(5-1)10-6-2-4-8-12-10;4*1-7(2,3,4,5)6;;/h6*1-8H;;;;;;/q;;;;;;4*-1;2*+2. The van der Waals surface area contributed by atoms with Crippen LogP contribution < -0.4 is 0 Å². The molecular formula is C60H48F24N12OsP4Ru. The molecule has 0 aliphatic heterocycles. The fraction of sp³-hybridized carbons (Fsp3) is 0. The second kappa shape index (κ2) is 35.3. The summed E-state index contributed by atoms with van der Waals surface area (Å²) in [5.74, 6) is 0. The molecule has 0 radical (unpaired) electrons. The summed E-state index contributed by atoms with van der Waals surface area (Å²) in [4.78, 5) is 50.2. The van der Waals surface area contributed by atoms with Gasteiger partial charge in [-0.25, -0.2) is 0 Å². The largest absolute Gasteiger partial charge is 2.00 e. The Morgan fingerprint density at radius 1 is 0.137 bits per heavy atom. The molecule has 552 valence electrons. The Bertz CT molecular complexity index is 3310. The molecule has 0 spiro atoms. The molecule has 0 fully saturated rings. The quantitative estimate of drug-likeness (QED) is 0.0884. The van der Waals surface area contributed by atoms with Gasteiger partial charge in [-0.2, -0.15) is 0 Å². The molecule has 0 N–H and O–H groups in total. The molecule has 0 saturated heterocycles. The average molecular weight is 1810 g/mol. The minimum absolute atomic E-state index is 0. The van der Waals surface area contributed by atoms with E-state index in [0.717, 1.165) is 68.3 Å². The van der Waals surface area contributed by atoms with Crippen molar-refractivity contribution in [2.75, 3.05) is 0 Å². The summed E-state index contributed by atoms with van der Waals surface area (Å²) in [5, 5.41) is 0. The summed E-state index contributed by atoms with van der Waals surface area (Å²) in [7, 11) is -42.6. The maximum atomic E-state index is 9.87. The third-order valence-corrected chi connectivity index (χ3v) is 9.55. The summed E-state index contributed by atoms with van der Waals surface area (Å²) in [5.41, 5.74) is 11.0. The van der Waals surface area contributed by atoms with E-state index in [1.165, 1.54) is 0 Å². The smallest absolute Gasteiger partial charge is 0.255 e. The van der Waals surface area contributed by atoms with Crippen molar-refractivity contribution in [1.29, 1.82) is 0 Å². The van der Waals surface area contributed by atoms with Crippen LogP contribution in [0.15, 0.2) is 293 Å². The Morgan fingerprint density at radius 3 is 0.235 bits per heavy atom. The molecule has 12 nitrogen and oxygen atoms in total. The van der Waals surface area contributed by atoms with Crippen LogP contribution in [0.4, 0.5) is 101 Å². The van der Waals surface area contributed by atoms with Crippen molar-refractivity contribution in [3.63, 3.8) is 0 Å². The zero-order valence-corrected chi connectivity index (χ0v) is 58.5. The van der Waals surface area contributed by atoms with Crippen LogP contribution in [0, 0.1) is 0 Å². The molecule has 0 aliphatic carbocycles. The van der Waals surface area contributed by atoms with Crippen molar-refractivity contribution in [2.24, 2.45) is 0 Å². The summed E-state index contributed by atoms with van der Waals surface area (Å²) >= 11 is 0. The molecular weight excluding hydrogens is 1760 g/mol. The van der Waals surface area contributed by atoms with E-state index in [4.69, 9.17) is 0 Å². The Labute approximate surface area is 589 Å².